The highest BCUT2D eigenvalue weighted by molar-refractivity contribution is 7.89. The molecule has 0 atom stereocenters. The Morgan fingerprint density at radius 2 is 1.83 bits per heavy atom. The lowest BCUT2D eigenvalue weighted by Crippen LogP contribution is -2.12. The normalized spacial score (nSPS) is 11.5. The van der Waals surface area contributed by atoms with Gasteiger partial charge in [0.05, 0.1) is 4.90 Å². The van der Waals surface area contributed by atoms with Gasteiger partial charge in [0.25, 0.3) is 0 Å². The first kappa shape index (κ1) is 18.2. The van der Waals surface area contributed by atoms with Crippen LogP contribution in [0.25, 0.3) is 0 Å². The van der Waals surface area contributed by atoms with Crippen molar-refractivity contribution in [2.45, 2.75) is 44.6 Å². The lowest BCUT2D eigenvalue weighted by Gasteiger charge is -2.14. The van der Waals surface area contributed by atoms with Gasteiger partial charge in [0, 0.05) is 17.8 Å². The van der Waals surface area contributed by atoms with E-state index >= 15 is 0 Å². The largest absolute Gasteiger partial charge is 0.368 e. The molecule has 8 heteroatoms. The van der Waals surface area contributed by atoms with Gasteiger partial charge >= 0.3 is 0 Å². The van der Waals surface area contributed by atoms with E-state index in [1.807, 2.05) is 6.92 Å². The molecule has 0 fully saturated rings. The van der Waals surface area contributed by atoms with Gasteiger partial charge in [0.2, 0.25) is 16.0 Å². The summed E-state index contributed by atoms with van der Waals surface area (Å²) in [5, 5.41) is 8.36. The topological polar surface area (TPSA) is 124 Å². The molecule has 2 aromatic rings. The number of anilines is 2. The number of nitrogens with one attached hydrogen (secondary N) is 1. The van der Waals surface area contributed by atoms with E-state index in [4.69, 9.17) is 10.9 Å². The van der Waals surface area contributed by atoms with Gasteiger partial charge in [-0.1, -0.05) is 25.5 Å². The van der Waals surface area contributed by atoms with Crippen molar-refractivity contribution < 1.29 is 8.42 Å². The lowest BCUT2D eigenvalue weighted by atomic mass is 10.1. The molecule has 0 saturated heterocycles. The first-order chi connectivity index (χ1) is 11.3. The predicted octanol–water partition coefficient (Wildman–Crippen LogP) is 1.97. The van der Waals surface area contributed by atoms with Crippen molar-refractivity contribution in [2.75, 3.05) is 11.1 Å². The minimum absolute atomic E-state index is 0.0945. The minimum atomic E-state index is -3.67. The second-order valence-electron chi connectivity index (χ2n) is 5.64. The van der Waals surface area contributed by atoms with Crippen molar-refractivity contribution in [1.82, 2.24) is 9.97 Å². The summed E-state index contributed by atoms with van der Waals surface area (Å²) in [6.07, 6.45) is 3.01. The molecule has 0 saturated carbocycles. The van der Waals surface area contributed by atoms with Crippen molar-refractivity contribution in [2.24, 2.45) is 5.14 Å². The van der Waals surface area contributed by atoms with Crippen LogP contribution in [0, 0.1) is 6.92 Å². The predicted molar refractivity (Wildman–Crippen MR) is 94.9 cm³/mol. The summed E-state index contributed by atoms with van der Waals surface area (Å²) in [5.41, 5.74) is 8.61. The molecule has 2 rings (SSSR count). The molecule has 1 heterocycles. The Hall–Kier alpha value is -2.19. The summed E-state index contributed by atoms with van der Waals surface area (Å²) in [6, 6.07) is 6.42. The van der Waals surface area contributed by atoms with Crippen molar-refractivity contribution in [1.29, 1.82) is 0 Å². The van der Waals surface area contributed by atoms with Crippen LogP contribution in [-0.4, -0.2) is 18.4 Å². The van der Waals surface area contributed by atoms with Crippen LogP contribution in [0.3, 0.4) is 0 Å². The van der Waals surface area contributed by atoms with Gasteiger partial charge in [-0.15, -0.1) is 0 Å². The van der Waals surface area contributed by atoms with Gasteiger partial charge in [-0.3, -0.25) is 0 Å². The van der Waals surface area contributed by atoms with Gasteiger partial charge in [-0.2, -0.15) is 4.98 Å². The fourth-order valence-corrected chi connectivity index (χ4v) is 2.91. The monoisotopic (exact) mass is 349 g/mol. The summed E-state index contributed by atoms with van der Waals surface area (Å²) in [4.78, 5) is 8.62. The number of benzene rings is 1. The Bertz CT molecular complexity index is 804. The molecule has 1 aromatic carbocycles. The van der Waals surface area contributed by atoms with E-state index in [0.29, 0.717) is 6.54 Å². The number of hydrogen-bond donors (Lipinski definition) is 3. The zero-order valence-electron chi connectivity index (χ0n) is 13.9. The molecule has 7 nitrogen and oxygen atoms in total. The van der Waals surface area contributed by atoms with E-state index in [-0.39, 0.29) is 10.8 Å². The van der Waals surface area contributed by atoms with Crippen LogP contribution in [-0.2, 0) is 23.0 Å². The molecule has 130 valence electrons. The Morgan fingerprint density at radius 1 is 1.17 bits per heavy atom. The third kappa shape index (κ3) is 4.65. The zero-order chi connectivity index (χ0) is 17.7. The highest BCUT2D eigenvalue weighted by atomic mass is 32.2. The molecule has 0 amide bonds. The summed E-state index contributed by atoms with van der Waals surface area (Å²) in [7, 11) is -3.67. The maximum Gasteiger partial charge on any atom is 0.238 e. The molecule has 0 aliphatic rings. The second-order valence-corrected chi connectivity index (χ2v) is 7.20. The number of aryl methyl sites for hydroxylation is 1. The fourth-order valence-electron chi connectivity index (χ4n) is 2.40. The molecule has 24 heavy (non-hydrogen) atoms. The van der Waals surface area contributed by atoms with E-state index in [1.165, 1.54) is 12.1 Å². The smallest absolute Gasteiger partial charge is 0.238 e. The third-order valence-corrected chi connectivity index (χ3v) is 4.65. The van der Waals surface area contributed by atoms with Crippen LogP contribution in [0.5, 0.6) is 0 Å². The number of rotatable bonds is 7. The Labute approximate surface area is 142 Å². The van der Waals surface area contributed by atoms with Gasteiger partial charge in [0.1, 0.15) is 5.82 Å². The number of nitrogen functional groups attached to an aromatic ring is 1. The van der Waals surface area contributed by atoms with Crippen LogP contribution < -0.4 is 16.2 Å². The van der Waals surface area contributed by atoms with Crippen molar-refractivity contribution >= 4 is 21.8 Å². The quantitative estimate of drug-likeness (QED) is 0.702. The van der Waals surface area contributed by atoms with Crippen LogP contribution in [0.4, 0.5) is 11.8 Å². The number of sulfonamides is 1. The van der Waals surface area contributed by atoms with Gasteiger partial charge in [-0.25, -0.2) is 18.5 Å². The number of nitrogens with two attached hydrogens (primary N) is 2. The Kier molecular flexibility index (Phi) is 5.74. The maximum absolute atomic E-state index is 11.3. The van der Waals surface area contributed by atoms with Crippen molar-refractivity contribution in [3.05, 3.63) is 41.1 Å². The standard InChI is InChI=1S/C16H23N5O2S/c1-3-4-5-14-11(2)20-16(17)21-15(14)19-10-12-6-8-13(9-7-12)24(18,22)23/h6-9H,3-5,10H2,1-2H3,(H2,18,22,23)(H3,17,19,20,21). The number of unbranched alkanes of at least 4 members (excludes halogenated alkanes) is 1. The number of hydrogen-bond acceptors (Lipinski definition) is 6. The number of primary sulfonamides is 1. The molecule has 0 aliphatic heterocycles. The second kappa shape index (κ2) is 7.59. The fraction of sp³-hybridized carbons (Fsp3) is 0.375. The van der Waals surface area contributed by atoms with E-state index < -0.39 is 10.0 Å². The highest BCUT2D eigenvalue weighted by Crippen LogP contribution is 2.20. The van der Waals surface area contributed by atoms with Crippen LogP contribution in [0.1, 0.15) is 36.6 Å². The maximum atomic E-state index is 11.3. The zero-order valence-corrected chi connectivity index (χ0v) is 14.7. The number of aromatic nitrogens is 2. The van der Waals surface area contributed by atoms with Crippen LogP contribution >= 0.6 is 0 Å². The van der Waals surface area contributed by atoms with Crippen molar-refractivity contribution in [3.8, 4) is 0 Å². The molecule has 0 unspecified atom stereocenters. The van der Waals surface area contributed by atoms with Gasteiger partial charge < -0.3 is 11.1 Å². The van der Waals surface area contributed by atoms with Crippen molar-refractivity contribution in [3.63, 3.8) is 0 Å². The average Bonchev–Trinajstić information content (AvgIpc) is 2.51. The summed E-state index contributed by atoms with van der Waals surface area (Å²) >= 11 is 0. The van der Waals surface area contributed by atoms with Gasteiger partial charge in [-0.05, 0) is 37.5 Å². The SMILES string of the molecule is CCCCc1c(C)nc(N)nc1NCc1ccc(S(N)(=O)=O)cc1. The Balaban J connectivity index is 2.16. The molecule has 0 bridgehead atoms. The van der Waals surface area contributed by atoms with E-state index in [9.17, 15) is 8.42 Å². The van der Waals surface area contributed by atoms with E-state index in [2.05, 4.69) is 22.2 Å². The summed E-state index contributed by atoms with van der Waals surface area (Å²) in [6.45, 7) is 4.56. The highest BCUT2D eigenvalue weighted by Gasteiger charge is 2.11. The molecule has 5 N–H and O–H groups in total. The molecule has 0 radical (unpaired) electrons. The Morgan fingerprint density at radius 3 is 2.42 bits per heavy atom. The number of nitrogens with zero attached hydrogens (tertiary/aromatic N) is 2. The van der Waals surface area contributed by atoms with Gasteiger partial charge in [0.15, 0.2) is 0 Å². The average molecular weight is 349 g/mol. The first-order valence-electron chi connectivity index (χ1n) is 7.80. The molecule has 0 aliphatic carbocycles. The van der Waals surface area contributed by atoms with Crippen LogP contribution in [0.2, 0.25) is 0 Å². The van der Waals surface area contributed by atoms with E-state index in [1.54, 1.807) is 12.1 Å². The minimum Gasteiger partial charge on any atom is -0.368 e. The molecular formula is C16H23N5O2S. The summed E-state index contributed by atoms with van der Waals surface area (Å²) in [5.74, 6) is 0.962. The molecule has 1 aromatic heterocycles. The first-order valence-corrected chi connectivity index (χ1v) is 9.34. The lowest BCUT2D eigenvalue weighted by molar-refractivity contribution is 0.598. The molecular weight excluding hydrogens is 326 g/mol. The van der Waals surface area contributed by atoms with Crippen LogP contribution in [0.15, 0.2) is 29.2 Å². The summed E-state index contributed by atoms with van der Waals surface area (Å²) < 4.78 is 22.5. The molecule has 0 spiro atoms. The third-order valence-electron chi connectivity index (χ3n) is 3.72. The van der Waals surface area contributed by atoms with E-state index in [0.717, 1.165) is 41.9 Å².